The summed E-state index contributed by atoms with van der Waals surface area (Å²) in [4.78, 5) is 39.6. The standard InChI is InChI=1S/C19H19N3O3/c1-13(2)21-19(14-9-5-3-6-10-14)16(23)20-18(25)22(17(19)24)15-11-7-4-8-12-15/h3-13,21H,1-2H3,(H,20,23,25). The fourth-order valence-electron chi connectivity index (χ4n) is 3.00. The van der Waals surface area contributed by atoms with E-state index in [1.54, 1.807) is 60.7 Å². The van der Waals surface area contributed by atoms with Gasteiger partial charge in [-0.3, -0.25) is 20.2 Å². The molecule has 6 heteroatoms. The maximum Gasteiger partial charge on any atom is 0.335 e. The number of imide groups is 2. The molecule has 0 saturated carbocycles. The number of carbonyl (C=O) groups excluding carboxylic acids is 3. The van der Waals surface area contributed by atoms with E-state index in [1.165, 1.54) is 0 Å². The van der Waals surface area contributed by atoms with Gasteiger partial charge in [0.05, 0.1) is 5.69 Å². The molecule has 2 aromatic rings. The molecular weight excluding hydrogens is 318 g/mol. The van der Waals surface area contributed by atoms with Crippen molar-refractivity contribution in [2.24, 2.45) is 0 Å². The maximum atomic E-state index is 13.4. The normalized spacial score (nSPS) is 20.8. The van der Waals surface area contributed by atoms with E-state index in [2.05, 4.69) is 10.6 Å². The van der Waals surface area contributed by atoms with Crippen LogP contribution in [0.1, 0.15) is 19.4 Å². The Morgan fingerprint density at radius 2 is 1.48 bits per heavy atom. The number of urea groups is 1. The highest BCUT2D eigenvalue weighted by Crippen LogP contribution is 2.31. The molecule has 0 aromatic heterocycles. The van der Waals surface area contributed by atoms with Crippen LogP contribution in [0, 0.1) is 0 Å². The van der Waals surface area contributed by atoms with Gasteiger partial charge in [0.2, 0.25) is 5.54 Å². The van der Waals surface area contributed by atoms with Gasteiger partial charge in [-0.1, -0.05) is 48.5 Å². The molecule has 3 rings (SSSR count). The van der Waals surface area contributed by atoms with Gasteiger partial charge in [0.1, 0.15) is 0 Å². The first-order valence-electron chi connectivity index (χ1n) is 8.05. The van der Waals surface area contributed by atoms with Crippen LogP contribution in [0.2, 0.25) is 0 Å². The Labute approximate surface area is 145 Å². The monoisotopic (exact) mass is 337 g/mol. The number of amides is 4. The highest BCUT2D eigenvalue weighted by molar-refractivity contribution is 6.32. The van der Waals surface area contributed by atoms with E-state index in [-0.39, 0.29) is 6.04 Å². The molecule has 1 aliphatic rings. The van der Waals surface area contributed by atoms with Crippen LogP contribution in [0.5, 0.6) is 0 Å². The molecule has 1 atom stereocenters. The summed E-state index contributed by atoms with van der Waals surface area (Å²) in [5.74, 6) is -1.29. The zero-order valence-corrected chi connectivity index (χ0v) is 14.0. The third-order valence-corrected chi connectivity index (χ3v) is 4.01. The molecule has 1 heterocycles. The summed E-state index contributed by atoms with van der Waals surface area (Å²) in [6.07, 6.45) is 0. The second kappa shape index (κ2) is 6.49. The summed E-state index contributed by atoms with van der Waals surface area (Å²) < 4.78 is 0. The number of anilines is 1. The van der Waals surface area contributed by atoms with E-state index in [9.17, 15) is 14.4 Å². The van der Waals surface area contributed by atoms with E-state index >= 15 is 0 Å². The van der Waals surface area contributed by atoms with Crippen molar-refractivity contribution in [2.45, 2.75) is 25.4 Å². The average Bonchev–Trinajstić information content (AvgIpc) is 2.60. The highest BCUT2D eigenvalue weighted by Gasteiger charge is 2.55. The number of nitrogens with zero attached hydrogens (tertiary/aromatic N) is 1. The van der Waals surface area contributed by atoms with Gasteiger partial charge in [0.25, 0.3) is 11.8 Å². The van der Waals surface area contributed by atoms with Crippen LogP contribution in [-0.4, -0.2) is 23.9 Å². The second-order valence-electron chi connectivity index (χ2n) is 6.15. The minimum Gasteiger partial charge on any atom is -0.289 e. The van der Waals surface area contributed by atoms with Gasteiger partial charge in [0, 0.05) is 6.04 Å². The number of para-hydroxylation sites is 1. The van der Waals surface area contributed by atoms with Gasteiger partial charge in [0.15, 0.2) is 0 Å². The van der Waals surface area contributed by atoms with Gasteiger partial charge in [-0.15, -0.1) is 0 Å². The van der Waals surface area contributed by atoms with Crippen LogP contribution in [0.15, 0.2) is 60.7 Å². The minimum absolute atomic E-state index is 0.166. The van der Waals surface area contributed by atoms with Crippen molar-refractivity contribution in [2.75, 3.05) is 4.90 Å². The summed E-state index contributed by atoms with van der Waals surface area (Å²) in [6, 6.07) is 16.3. The lowest BCUT2D eigenvalue weighted by Crippen LogP contribution is -2.72. The summed E-state index contributed by atoms with van der Waals surface area (Å²) in [5.41, 5.74) is -0.776. The van der Waals surface area contributed by atoms with Crippen molar-refractivity contribution >= 4 is 23.5 Å². The SMILES string of the molecule is CC(C)NC1(c2ccccc2)C(=O)NC(=O)N(c2ccccc2)C1=O. The fourth-order valence-corrected chi connectivity index (χ4v) is 3.00. The highest BCUT2D eigenvalue weighted by atomic mass is 16.2. The van der Waals surface area contributed by atoms with Gasteiger partial charge in [-0.2, -0.15) is 0 Å². The predicted molar refractivity (Wildman–Crippen MR) is 93.9 cm³/mol. The Kier molecular flexibility index (Phi) is 4.37. The molecule has 1 unspecified atom stereocenters. The minimum atomic E-state index is -1.67. The van der Waals surface area contributed by atoms with E-state index in [0.29, 0.717) is 11.3 Å². The van der Waals surface area contributed by atoms with Gasteiger partial charge < -0.3 is 0 Å². The summed E-state index contributed by atoms with van der Waals surface area (Å²) in [7, 11) is 0. The van der Waals surface area contributed by atoms with Crippen molar-refractivity contribution in [3.05, 3.63) is 66.2 Å². The molecule has 1 fully saturated rings. The Morgan fingerprint density at radius 1 is 0.920 bits per heavy atom. The molecule has 128 valence electrons. The van der Waals surface area contributed by atoms with Crippen LogP contribution >= 0.6 is 0 Å². The number of carbonyl (C=O) groups is 3. The zero-order chi connectivity index (χ0) is 18.0. The Hall–Kier alpha value is -2.99. The Balaban J connectivity index is 2.17. The lowest BCUT2D eigenvalue weighted by molar-refractivity contribution is -0.139. The lowest BCUT2D eigenvalue weighted by Gasteiger charge is -2.41. The number of hydrogen-bond acceptors (Lipinski definition) is 4. The van der Waals surface area contributed by atoms with Crippen LogP contribution < -0.4 is 15.5 Å². The molecule has 1 saturated heterocycles. The Bertz CT molecular complexity index is 805. The molecule has 0 bridgehead atoms. The largest absolute Gasteiger partial charge is 0.335 e. The lowest BCUT2D eigenvalue weighted by atomic mass is 9.84. The van der Waals surface area contributed by atoms with Crippen LogP contribution in [0.4, 0.5) is 10.5 Å². The van der Waals surface area contributed by atoms with Gasteiger partial charge >= 0.3 is 6.03 Å². The van der Waals surface area contributed by atoms with Crippen LogP contribution in [0.25, 0.3) is 0 Å². The first-order valence-corrected chi connectivity index (χ1v) is 8.05. The second-order valence-corrected chi connectivity index (χ2v) is 6.15. The molecule has 2 N–H and O–H groups in total. The van der Waals surface area contributed by atoms with Gasteiger partial charge in [-0.25, -0.2) is 9.69 Å². The van der Waals surface area contributed by atoms with Crippen molar-refractivity contribution in [1.82, 2.24) is 10.6 Å². The number of benzene rings is 2. The number of hydrogen-bond donors (Lipinski definition) is 2. The smallest absolute Gasteiger partial charge is 0.289 e. The van der Waals surface area contributed by atoms with Crippen LogP contribution in [0.3, 0.4) is 0 Å². The zero-order valence-electron chi connectivity index (χ0n) is 14.0. The predicted octanol–water partition coefficient (Wildman–Crippen LogP) is 2.16. The molecule has 0 aliphatic carbocycles. The fraction of sp³-hybridized carbons (Fsp3) is 0.211. The van der Waals surface area contributed by atoms with E-state index < -0.39 is 23.4 Å². The Morgan fingerprint density at radius 3 is 2.04 bits per heavy atom. The third kappa shape index (κ3) is 2.81. The topological polar surface area (TPSA) is 78.5 Å². The van der Waals surface area contributed by atoms with E-state index in [1.807, 2.05) is 13.8 Å². The average molecular weight is 337 g/mol. The van der Waals surface area contributed by atoms with Crippen molar-refractivity contribution in [1.29, 1.82) is 0 Å². The maximum absolute atomic E-state index is 13.4. The van der Waals surface area contributed by atoms with Gasteiger partial charge in [-0.05, 0) is 31.5 Å². The number of rotatable bonds is 4. The van der Waals surface area contributed by atoms with Crippen LogP contribution in [-0.2, 0) is 15.1 Å². The number of barbiturate groups is 1. The van der Waals surface area contributed by atoms with E-state index in [0.717, 1.165) is 4.90 Å². The molecule has 6 nitrogen and oxygen atoms in total. The van der Waals surface area contributed by atoms with E-state index in [4.69, 9.17) is 0 Å². The third-order valence-electron chi connectivity index (χ3n) is 4.01. The van der Waals surface area contributed by atoms with Crippen molar-refractivity contribution < 1.29 is 14.4 Å². The quantitative estimate of drug-likeness (QED) is 0.838. The first-order chi connectivity index (χ1) is 12.0. The molecule has 4 amide bonds. The molecule has 0 radical (unpaired) electrons. The summed E-state index contributed by atoms with van der Waals surface area (Å²) in [6.45, 7) is 3.68. The number of nitrogens with one attached hydrogen (secondary N) is 2. The molecule has 2 aromatic carbocycles. The summed E-state index contributed by atoms with van der Waals surface area (Å²) in [5, 5.41) is 5.39. The molecular formula is C19H19N3O3. The van der Waals surface area contributed by atoms with Crippen molar-refractivity contribution in [3.8, 4) is 0 Å². The molecule has 1 aliphatic heterocycles. The molecule has 0 spiro atoms. The molecule has 25 heavy (non-hydrogen) atoms. The first kappa shape index (κ1) is 16.9. The van der Waals surface area contributed by atoms with Crippen molar-refractivity contribution in [3.63, 3.8) is 0 Å². The summed E-state index contributed by atoms with van der Waals surface area (Å²) >= 11 is 0.